The Labute approximate surface area is 162 Å². The molecule has 4 rings (SSSR count). The van der Waals surface area contributed by atoms with E-state index in [-0.39, 0.29) is 30.2 Å². The fourth-order valence-electron chi connectivity index (χ4n) is 3.30. The Morgan fingerprint density at radius 3 is 2.71 bits per heavy atom. The molecule has 1 aliphatic rings. The highest BCUT2D eigenvalue weighted by Crippen LogP contribution is 2.30. The summed E-state index contributed by atoms with van der Waals surface area (Å²) < 4.78 is 5.71. The zero-order valence-electron chi connectivity index (χ0n) is 15.7. The molecule has 0 fully saturated rings. The van der Waals surface area contributed by atoms with Crippen LogP contribution in [0.1, 0.15) is 32.1 Å². The van der Waals surface area contributed by atoms with E-state index in [2.05, 4.69) is 20.6 Å². The number of hydrogen-bond acceptors (Lipinski definition) is 4. The number of aromatic amines is 1. The van der Waals surface area contributed by atoms with Crippen LogP contribution in [0.5, 0.6) is 5.75 Å². The predicted molar refractivity (Wildman–Crippen MR) is 106 cm³/mol. The van der Waals surface area contributed by atoms with Gasteiger partial charge in [0, 0.05) is 0 Å². The van der Waals surface area contributed by atoms with Crippen LogP contribution in [0.3, 0.4) is 0 Å². The van der Waals surface area contributed by atoms with Crippen LogP contribution in [0, 0.1) is 5.92 Å². The number of carbonyl (C=O) groups excluding carboxylic acids is 2. The largest absolute Gasteiger partial charge is 0.478 e. The average molecular weight is 378 g/mol. The van der Waals surface area contributed by atoms with Crippen molar-refractivity contribution >= 4 is 28.5 Å². The van der Waals surface area contributed by atoms with Gasteiger partial charge in [0.05, 0.1) is 29.2 Å². The van der Waals surface area contributed by atoms with Crippen LogP contribution >= 0.6 is 0 Å². The number of nitrogens with one attached hydrogen (secondary N) is 3. The number of para-hydroxylation sites is 4. The number of nitrogens with zero attached hydrogens (tertiary/aromatic N) is 1. The van der Waals surface area contributed by atoms with Crippen molar-refractivity contribution < 1.29 is 14.3 Å². The molecule has 2 amide bonds. The van der Waals surface area contributed by atoms with Crippen LogP contribution < -0.4 is 15.4 Å². The van der Waals surface area contributed by atoms with E-state index >= 15 is 0 Å². The Hall–Kier alpha value is -3.35. The zero-order valence-corrected chi connectivity index (χ0v) is 15.7. The van der Waals surface area contributed by atoms with Crippen molar-refractivity contribution in [2.24, 2.45) is 5.92 Å². The Morgan fingerprint density at radius 2 is 1.93 bits per heavy atom. The van der Waals surface area contributed by atoms with Crippen LogP contribution in [-0.2, 0) is 9.59 Å². The summed E-state index contributed by atoms with van der Waals surface area (Å²) in [4.78, 5) is 32.8. The van der Waals surface area contributed by atoms with Gasteiger partial charge < -0.3 is 20.4 Å². The molecular formula is C21H22N4O3. The third-order valence-electron chi connectivity index (χ3n) is 4.76. The lowest BCUT2D eigenvalue weighted by Gasteiger charge is -2.26. The van der Waals surface area contributed by atoms with Gasteiger partial charge in [-0.1, -0.05) is 38.1 Å². The van der Waals surface area contributed by atoms with Gasteiger partial charge >= 0.3 is 0 Å². The van der Waals surface area contributed by atoms with Crippen molar-refractivity contribution in [1.29, 1.82) is 0 Å². The molecule has 7 nitrogen and oxygen atoms in total. The Balaban J connectivity index is 1.47. The fourth-order valence-corrected chi connectivity index (χ4v) is 3.30. The fraction of sp³-hybridized carbons (Fsp3) is 0.286. The molecule has 0 aliphatic carbocycles. The minimum atomic E-state index is -0.863. The van der Waals surface area contributed by atoms with Crippen LogP contribution in [0.4, 0.5) is 5.69 Å². The van der Waals surface area contributed by atoms with E-state index in [4.69, 9.17) is 4.74 Å². The number of amides is 2. The van der Waals surface area contributed by atoms with Crippen molar-refractivity contribution in [1.82, 2.24) is 15.3 Å². The van der Waals surface area contributed by atoms with Gasteiger partial charge in [-0.2, -0.15) is 0 Å². The molecule has 0 radical (unpaired) electrons. The zero-order chi connectivity index (χ0) is 19.7. The molecule has 144 valence electrons. The van der Waals surface area contributed by atoms with Crippen LogP contribution in [-0.4, -0.2) is 27.9 Å². The molecule has 0 spiro atoms. The third-order valence-corrected chi connectivity index (χ3v) is 4.76. The number of benzene rings is 2. The van der Waals surface area contributed by atoms with E-state index in [0.29, 0.717) is 17.3 Å². The number of hydrogen-bond donors (Lipinski definition) is 3. The van der Waals surface area contributed by atoms with E-state index in [9.17, 15) is 9.59 Å². The summed E-state index contributed by atoms with van der Waals surface area (Å²) in [7, 11) is 0. The lowest BCUT2D eigenvalue weighted by Crippen LogP contribution is -2.42. The highest BCUT2D eigenvalue weighted by molar-refractivity contribution is 6.00. The van der Waals surface area contributed by atoms with E-state index in [0.717, 1.165) is 11.0 Å². The number of carbonyl (C=O) groups is 2. The summed E-state index contributed by atoms with van der Waals surface area (Å²) >= 11 is 0. The molecular weight excluding hydrogens is 356 g/mol. The van der Waals surface area contributed by atoms with Gasteiger partial charge in [-0.25, -0.2) is 4.98 Å². The average Bonchev–Trinajstić information content (AvgIpc) is 3.10. The molecule has 0 saturated carbocycles. The second-order valence-corrected chi connectivity index (χ2v) is 7.22. The number of rotatable bonds is 5. The summed E-state index contributed by atoms with van der Waals surface area (Å²) in [5, 5.41) is 5.77. The number of aromatic nitrogens is 2. The maximum absolute atomic E-state index is 12.7. The second kappa shape index (κ2) is 7.34. The number of fused-ring (bicyclic) bond motifs is 2. The first-order valence-corrected chi connectivity index (χ1v) is 9.32. The van der Waals surface area contributed by atoms with Crippen molar-refractivity contribution in [2.45, 2.75) is 32.4 Å². The lowest BCUT2D eigenvalue weighted by atomic mass is 10.0. The number of imidazole rings is 1. The number of H-pyrrole nitrogens is 1. The van der Waals surface area contributed by atoms with Crippen molar-refractivity contribution in [3.63, 3.8) is 0 Å². The molecule has 2 atom stereocenters. The topological polar surface area (TPSA) is 96.1 Å². The molecule has 1 aromatic heterocycles. The predicted octanol–water partition coefficient (Wildman–Crippen LogP) is 3.17. The third kappa shape index (κ3) is 3.55. The minimum absolute atomic E-state index is 0.0659. The molecule has 7 heteroatoms. The Kier molecular flexibility index (Phi) is 4.73. The van der Waals surface area contributed by atoms with E-state index in [1.54, 1.807) is 12.1 Å². The van der Waals surface area contributed by atoms with Crippen LogP contribution in [0.25, 0.3) is 11.0 Å². The first-order chi connectivity index (χ1) is 13.5. The van der Waals surface area contributed by atoms with Crippen molar-refractivity contribution in [2.75, 3.05) is 5.32 Å². The van der Waals surface area contributed by atoms with Crippen LogP contribution in [0.2, 0.25) is 0 Å². The molecule has 2 heterocycles. The summed E-state index contributed by atoms with van der Waals surface area (Å²) in [6.07, 6.45) is -0.928. The van der Waals surface area contributed by atoms with Gasteiger partial charge in [0.1, 0.15) is 11.6 Å². The minimum Gasteiger partial charge on any atom is -0.478 e. The quantitative estimate of drug-likeness (QED) is 0.635. The summed E-state index contributed by atoms with van der Waals surface area (Å²) in [6.45, 7) is 4.02. The summed E-state index contributed by atoms with van der Waals surface area (Å²) in [5.41, 5.74) is 2.39. The standard InChI is InChI=1S/C21H22N4O3/c1-12(2)19(20-22-13-7-3-4-8-14(13)23-20)25-18(26)11-17-21(27)24-15-9-5-6-10-16(15)28-17/h3-10,12,17,19H,11H2,1-2H3,(H,22,23)(H,24,27)(H,25,26)/t17-,19+/m0/s1. The highest BCUT2D eigenvalue weighted by atomic mass is 16.5. The lowest BCUT2D eigenvalue weighted by molar-refractivity contribution is -0.131. The molecule has 0 unspecified atom stereocenters. The van der Waals surface area contributed by atoms with E-state index < -0.39 is 6.10 Å². The molecule has 1 aliphatic heterocycles. The highest BCUT2D eigenvalue weighted by Gasteiger charge is 2.31. The Morgan fingerprint density at radius 1 is 1.18 bits per heavy atom. The maximum Gasteiger partial charge on any atom is 0.266 e. The molecule has 0 bridgehead atoms. The maximum atomic E-state index is 12.7. The van der Waals surface area contributed by atoms with Crippen molar-refractivity contribution in [3.8, 4) is 5.75 Å². The van der Waals surface area contributed by atoms with Gasteiger partial charge in [0.2, 0.25) is 5.91 Å². The first-order valence-electron chi connectivity index (χ1n) is 9.32. The van der Waals surface area contributed by atoms with Crippen molar-refractivity contribution in [3.05, 3.63) is 54.4 Å². The van der Waals surface area contributed by atoms with Crippen LogP contribution in [0.15, 0.2) is 48.5 Å². The van der Waals surface area contributed by atoms with Gasteiger partial charge in [-0.3, -0.25) is 9.59 Å². The van der Waals surface area contributed by atoms with E-state index in [1.807, 2.05) is 50.2 Å². The second-order valence-electron chi connectivity index (χ2n) is 7.22. The van der Waals surface area contributed by atoms with Gasteiger partial charge in [0.25, 0.3) is 5.91 Å². The summed E-state index contributed by atoms with van der Waals surface area (Å²) in [6, 6.07) is 14.6. The molecule has 0 saturated heterocycles. The molecule has 2 aromatic carbocycles. The number of ether oxygens (including phenoxy) is 1. The molecule has 28 heavy (non-hydrogen) atoms. The molecule has 3 aromatic rings. The first kappa shape index (κ1) is 18.0. The normalized spacial score (nSPS) is 17.0. The SMILES string of the molecule is CC(C)[C@@H](NC(=O)C[C@@H]1Oc2ccccc2NC1=O)c1nc2ccccc2[nH]1. The van der Waals surface area contributed by atoms with Gasteiger partial charge in [-0.05, 0) is 30.2 Å². The van der Waals surface area contributed by atoms with Gasteiger partial charge in [0.15, 0.2) is 6.10 Å². The monoisotopic (exact) mass is 378 g/mol. The molecule has 3 N–H and O–H groups in total. The van der Waals surface area contributed by atoms with E-state index in [1.165, 1.54) is 0 Å². The Bertz CT molecular complexity index is 994. The van der Waals surface area contributed by atoms with Gasteiger partial charge in [-0.15, -0.1) is 0 Å². The number of anilines is 1. The smallest absolute Gasteiger partial charge is 0.266 e. The summed E-state index contributed by atoms with van der Waals surface area (Å²) in [5.74, 6) is 0.796.